The van der Waals surface area contributed by atoms with Gasteiger partial charge < -0.3 is 0 Å². The van der Waals surface area contributed by atoms with Gasteiger partial charge in [-0.15, -0.1) is 11.6 Å². The van der Waals surface area contributed by atoms with Gasteiger partial charge in [0.1, 0.15) is 0 Å². The van der Waals surface area contributed by atoms with E-state index in [1.165, 1.54) is 0 Å². The SMILES string of the molecule is CCCCN(C(C)CC)S(=O)(=O)c1cc(CCl)ccc1Br. The molecule has 0 aliphatic carbocycles. The first kappa shape index (κ1) is 18.9. The van der Waals surface area contributed by atoms with Crippen LogP contribution in [0, 0.1) is 0 Å². The molecular weight excluding hydrogens is 374 g/mol. The first-order valence-corrected chi connectivity index (χ1v) is 10.0. The minimum absolute atomic E-state index is 0.0203. The normalized spacial score (nSPS) is 13.6. The van der Waals surface area contributed by atoms with Crippen molar-refractivity contribution in [2.75, 3.05) is 6.54 Å². The second kappa shape index (κ2) is 8.51. The Balaban J connectivity index is 3.27. The van der Waals surface area contributed by atoms with E-state index in [4.69, 9.17) is 11.6 Å². The highest BCUT2D eigenvalue weighted by molar-refractivity contribution is 9.10. The molecule has 0 amide bonds. The van der Waals surface area contributed by atoms with Crippen LogP contribution in [0.1, 0.15) is 45.6 Å². The predicted octanol–water partition coefficient (Wildman–Crippen LogP) is 4.78. The largest absolute Gasteiger partial charge is 0.244 e. The molecule has 0 spiro atoms. The molecule has 0 N–H and O–H groups in total. The molecule has 0 saturated heterocycles. The van der Waals surface area contributed by atoms with Crippen LogP contribution in [0.2, 0.25) is 0 Å². The summed E-state index contributed by atoms with van der Waals surface area (Å²) in [5.41, 5.74) is 0.804. The van der Waals surface area contributed by atoms with E-state index in [1.807, 2.05) is 19.9 Å². The fourth-order valence-electron chi connectivity index (χ4n) is 2.05. The maximum atomic E-state index is 13.0. The topological polar surface area (TPSA) is 37.4 Å². The highest BCUT2D eigenvalue weighted by atomic mass is 79.9. The highest BCUT2D eigenvalue weighted by Gasteiger charge is 2.29. The molecule has 1 rings (SSSR count). The third-order valence-corrected chi connectivity index (χ3v) is 6.87. The van der Waals surface area contributed by atoms with Crippen LogP contribution in [0.5, 0.6) is 0 Å². The Labute approximate surface area is 141 Å². The van der Waals surface area contributed by atoms with E-state index in [9.17, 15) is 8.42 Å². The summed E-state index contributed by atoms with van der Waals surface area (Å²) in [5, 5.41) is 0. The molecular formula is C15H23BrClNO2S. The third kappa shape index (κ3) is 4.68. The molecule has 0 radical (unpaired) electrons. The summed E-state index contributed by atoms with van der Waals surface area (Å²) in [6.45, 7) is 6.56. The van der Waals surface area contributed by atoms with E-state index in [-0.39, 0.29) is 6.04 Å². The molecule has 0 aliphatic heterocycles. The Kier molecular flexibility index (Phi) is 7.68. The summed E-state index contributed by atoms with van der Waals surface area (Å²) in [4.78, 5) is 0.303. The molecule has 0 heterocycles. The Morgan fingerprint density at radius 1 is 1.33 bits per heavy atom. The monoisotopic (exact) mass is 395 g/mol. The van der Waals surface area contributed by atoms with Crippen molar-refractivity contribution >= 4 is 37.6 Å². The average molecular weight is 397 g/mol. The quantitative estimate of drug-likeness (QED) is 0.593. The van der Waals surface area contributed by atoms with Crippen molar-refractivity contribution in [2.24, 2.45) is 0 Å². The van der Waals surface area contributed by atoms with Crippen LogP contribution in [0.25, 0.3) is 0 Å². The van der Waals surface area contributed by atoms with Crippen molar-refractivity contribution in [3.05, 3.63) is 28.2 Å². The molecule has 0 fully saturated rings. The van der Waals surface area contributed by atoms with Gasteiger partial charge in [-0.1, -0.05) is 26.3 Å². The van der Waals surface area contributed by atoms with Gasteiger partial charge in [0.25, 0.3) is 0 Å². The fourth-order valence-corrected chi connectivity index (χ4v) is 4.94. The van der Waals surface area contributed by atoms with E-state index in [1.54, 1.807) is 16.4 Å². The molecule has 0 saturated carbocycles. The molecule has 1 unspecified atom stereocenters. The van der Waals surface area contributed by atoms with Crippen LogP contribution in [0.4, 0.5) is 0 Å². The lowest BCUT2D eigenvalue weighted by atomic mass is 10.2. The van der Waals surface area contributed by atoms with Crippen molar-refractivity contribution < 1.29 is 8.42 Å². The number of hydrogen-bond acceptors (Lipinski definition) is 2. The smallest absolute Gasteiger partial charge is 0.207 e. The van der Waals surface area contributed by atoms with Gasteiger partial charge in [-0.3, -0.25) is 0 Å². The van der Waals surface area contributed by atoms with Crippen LogP contribution in [0.15, 0.2) is 27.6 Å². The highest BCUT2D eigenvalue weighted by Crippen LogP contribution is 2.28. The molecule has 21 heavy (non-hydrogen) atoms. The van der Waals surface area contributed by atoms with Gasteiger partial charge in [0, 0.05) is 22.9 Å². The predicted molar refractivity (Wildman–Crippen MR) is 92.3 cm³/mol. The lowest BCUT2D eigenvalue weighted by molar-refractivity contribution is 0.324. The standard InChI is InChI=1S/C15H23BrClNO2S/c1-4-6-9-18(12(3)5-2)21(19,20)15-10-13(11-17)7-8-14(15)16/h7-8,10,12H,4-6,9,11H2,1-3H3. The molecule has 3 nitrogen and oxygen atoms in total. The van der Waals surface area contributed by atoms with Crippen LogP contribution in [-0.4, -0.2) is 25.3 Å². The second-order valence-electron chi connectivity index (χ2n) is 5.12. The first-order chi connectivity index (χ1) is 9.88. The van der Waals surface area contributed by atoms with E-state index >= 15 is 0 Å². The average Bonchev–Trinajstić information content (AvgIpc) is 2.47. The van der Waals surface area contributed by atoms with E-state index in [0.717, 1.165) is 24.8 Å². The third-order valence-electron chi connectivity index (χ3n) is 3.55. The van der Waals surface area contributed by atoms with E-state index < -0.39 is 10.0 Å². The van der Waals surface area contributed by atoms with Crippen LogP contribution < -0.4 is 0 Å². The molecule has 120 valence electrons. The molecule has 0 aromatic heterocycles. The van der Waals surface area contributed by atoms with Gasteiger partial charge in [0.2, 0.25) is 10.0 Å². The summed E-state index contributed by atoms with van der Waals surface area (Å²) in [5.74, 6) is 0.300. The first-order valence-electron chi connectivity index (χ1n) is 7.24. The van der Waals surface area contributed by atoms with Gasteiger partial charge in [-0.2, -0.15) is 4.31 Å². The summed E-state index contributed by atoms with van der Waals surface area (Å²) < 4.78 is 28.2. The maximum absolute atomic E-state index is 13.0. The van der Waals surface area contributed by atoms with Crippen LogP contribution in [0.3, 0.4) is 0 Å². The Morgan fingerprint density at radius 2 is 2.00 bits per heavy atom. The minimum Gasteiger partial charge on any atom is -0.207 e. The minimum atomic E-state index is -3.52. The Bertz CT molecular complexity index is 563. The number of hydrogen-bond donors (Lipinski definition) is 0. The number of nitrogens with zero attached hydrogens (tertiary/aromatic N) is 1. The molecule has 1 aromatic carbocycles. The molecule has 6 heteroatoms. The van der Waals surface area contributed by atoms with Crippen molar-refractivity contribution in [1.82, 2.24) is 4.31 Å². The number of unbranched alkanes of at least 4 members (excludes halogenated alkanes) is 1. The van der Waals surface area contributed by atoms with Gasteiger partial charge >= 0.3 is 0 Å². The number of halogens is 2. The molecule has 1 aromatic rings. The molecule has 0 aliphatic rings. The lowest BCUT2D eigenvalue weighted by Gasteiger charge is -2.28. The zero-order valence-corrected chi connectivity index (χ0v) is 15.9. The summed E-state index contributed by atoms with van der Waals surface area (Å²) in [7, 11) is -3.52. The van der Waals surface area contributed by atoms with E-state index in [0.29, 0.717) is 21.8 Å². The zero-order valence-electron chi connectivity index (χ0n) is 12.8. The van der Waals surface area contributed by atoms with Crippen molar-refractivity contribution in [2.45, 2.75) is 56.9 Å². The molecule has 1 atom stereocenters. The number of sulfonamides is 1. The molecule has 0 bridgehead atoms. The van der Waals surface area contributed by atoms with Crippen molar-refractivity contribution in [1.29, 1.82) is 0 Å². The van der Waals surface area contributed by atoms with Gasteiger partial charge in [0.15, 0.2) is 0 Å². The zero-order chi connectivity index (χ0) is 16.0. The second-order valence-corrected chi connectivity index (χ2v) is 8.11. The number of alkyl halides is 1. The Morgan fingerprint density at radius 3 is 2.52 bits per heavy atom. The summed E-state index contributed by atoms with van der Waals surface area (Å²) >= 11 is 9.18. The maximum Gasteiger partial charge on any atom is 0.244 e. The van der Waals surface area contributed by atoms with Crippen LogP contribution >= 0.6 is 27.5 Å². The van der Waals surface area contributed by atoms with Gasteiger partial charge in [0.05, 0.1) is 4.90 Å². The van der Waals surface area contributed by atoms with Crippen LogP contribution in [-0.2, 0) is 15.9 Å². The van der Waals surface area contributed by atoms with Crippen molar-refractivity contribution in [3.63, 3.8) is 0 Å². The Hall–Kier alpha value is -0.100. The van der Waals surface area contributed by atoms with Gasteiger partial charge in [-0.25, -0.2) is 8.42 Å². The number of rotatable bonds is 8. The lowest BCUT2D eigenvalue weighted by Crippen LogP contribution is -2.39. The number of benzene rings is 1. The van der Waals surface area contributed by atoms with Crippen molar-refractivity contribution in [3.8, 4) is 0 Å². The summed E-state index contributed by atoms with van der Waals surface area (Å²) in [6.07, 6.45) is 2.61. The summed E-state index contributed by atoms with van der Waals surface area (Å²) in [6, 6.07) is 5.22. The van der Waals surface area contributed by atoms with Gasteiger partial charge in [-0.05, 0) is 53.4 Å². The van der Waals surface area contributed by atoms with E-state index in [2.05, 4.69) is 22.9 Å². The fraction of sp³-hybridized carbons (Fsp3) is 0.600.